The Labute approximate surface area is 163 Å². The van der Waals surface area contributed by atoms with E-state index in [-0.39, 0.29) is 39.1 Å². The van der Waals surface area contributed by atoms with Gasteiger partial charge in [-0.15, -0.1) is 11.3 Å². The number of esters is 2. The second-order valence-electron chi connectivity index (χ2n) is 5.73. The van der Waals surface area contributed by atoms with Gasteiger partial charge >= 0.3 is 17.6 Å². The Morgan fingerprint density at radius 2 is 1.79 bits per heavy atom. The predicted molar refractivity (Wildman–Crippen MR) is 98.7 cm³/mol. The van der Waals surface area contributed by atoms with E-state index in [1.165, 1.54) is 39.7 Å². The van der Waals surface area contributed by atoms with E-state index in [1.807, 2.05) is 0 Å². The third-order valence-electron chi connectivity index (χ3n) is 3.98. The van der Waals surface area contributed by atoms with Crippen LogP contribution in [0.15, 0.2) is 0 Å². The zero-order valence-electron chi connectivity index (χ0n) is 15.8. The number of nitrogens with one attached hydrogen (secondary N) is 1. The highest BCUT2D eigenvalue weighted by atomic mass is 32.1. The number of hydrogen-bond donors (Lipinski definition) is 1. The lowest BCUT2D eigenvalue weighted by molar-refractivity contribution is -0.386. The predicted octanol–water partition coefficient (Wildman–Crippen LogP) is 1.99. The summed E-state index contributed by atoms with van der Waals surface area (Å²) in [5.41, 5.74) is 0.610. The maximum Gasteiger partial charge on any atom is 0.348 e. The molecule has 0 aliphatic rings. The van der Waals surface area contributed by atoms with Crippen molar-refractivity contribution in [2.45, 2.75) is 27.3 Å². The minimum absolute atomic E-state index is 0.0422. The van der Waals surface area contributed by atoms with E-state index in [0.29, 0.717) is 5.56 Å². The van der Waals surface area contributed by atoms with Gasteiger partial charge in [-0.1, -0.05) is 0 Å². The number of nitrogens with zero attached hydrogens (tertiary/aromatic N) is 3. The Balaban J connectivity index is 2.34. The molecule has 0 fully saturated rings. The maximum atomic E-state index is 12.4. The summed E-state index contributed by atoms with van der Waals surface area (Å²) < 4.78 is 10.6. The molecule has 1 N–H and O–H groups in total. The first-order chi connectivity index (χ1) is 13.1. The minimum atomic E-state index is -0.721. The Bertz CT molecular complexity index is 976. The molecular formula is C16H18N4O7S. The van der Waals surface area contributed by atoms with Crippen molar-refractivity contribution in [2.24, 2.45) is 0 Å². The van der Waals surface area contributed by atoms with Crippen LogP contribution in [0.1, 0.15) is 37.0 Å². The normalized spacial score (nSPS) is 10.5. The van der Waals surface area contributed by atoms with E-state index < -0.39 is 22.8 Å². The molecule has 0 bridgehead atoms. The SMILES string of the molecule is COC(=O)c1sc(NC(=O)Cn2nc(C)c([N+](=O)[O-])c2C)c(C(=O)OC)c1C. The molecule has 0 atom stereocenters. The monoisotopic (exact) mass is 410 g/mol. The number of carbonyl (C=O) groups is 3. The van der Waals surface area contributed by atoms with E-state index in [9.17, 15) is 24.5 Å². The van der Waals surface area contributed by atoms with Crippen LogP contribution in [0.4, 0.5) is 10.7 Å². The number of amides is 1. The second-order valence-corrected chi connectivity index (χ2v) is 6.75. The van der Waals surface area contributed by atoms with E-state index in [1.54, 1.807) is 0 Å². The molecule has 0 aliphatic heterocycles. The molecule has 0 saturated heterocycles. The molecule has 0 spiro atoms. The molecule has 2 rings (SSSR count). The largest absolute Gasteiger partial charge is 0.465 e. The average molecular weight is 410 g/mol. The van der Waals surface area contributed by atoms with Gasteiger partial charge in [0.25, 0.3) is 0 Å². The molecule has 0 aliphatic carbocycles. The Kier molecular flexibility index (Phi) is 6.13. The van der Waals surface area contributed by atoms with Gasteiger partial charge in [0.2, 0.25) is 5.91 Å². The molecule has 2 aromatic rings. The first kappa shape index (κ1) is 21.0. The zero-order chi connectivity index (χ0) is 21.2. The number of nitro groups is 1. The quantitative estimate of drug-likeness (QED) is 0.433. The van der Waals surface area contributed by atoms with Gasteiger partial charge in [0.15, 0.2) is 0 Å². The molecule has 2 aromatic heterocycles. The molecule has 2 heterocycles. The molecule has 0 radical (unpaired) electrons. The molecule has 0 saturated carbocycles. The molecule has 0 unspecified atom stereocenters. The second kappa shape index (κ2) is 8.17. The Morgan fingerprint density at radius 1 is 1.18 bits per heavy atom. The molecular weight excluding hydrogens is 392 g/mol. The molecule has 11 nitrogen and oxygen atoms in total. The maximum absolute atomic E-state index is 12.4. The van der Waals surface area contributed by atoms with Crippen LogP contribution in [-0.2, 0) is 20.8 Å². The van der Waals surface area contributed by atoms with Gasteiger partial charge in [-0.3, -0.25) is 19.6 Å². The number of aryl methyl sites for hydroxylation is 1. The topological polar surface area (TPSA) is 143 Å². The number of methoxy groups -OCH3 is 2. The van der Waals surface area contributed by atoms with Crippen molar-refractivity contribution in [1.29, 1.82) is 0 Å². The van der Waals surface area contributed by atoms with Gasteiger partial charge in [0, 0.05) is 0 Å². The Morgan fingerprint density at radius 3 is 2.29 bits per heavy atom. The first-order valence-electron chi connectivity index (χ1n) is 7.90. The third kappa shape index (κ3) is 3.86. The number of hydrogen-bond acceptors (Lipinski definition) is 9. The zero-order valence-corrected chi connectivity index (χ0v) is 16.6. The van der Waals surface area contributed by atoms with Crippen molar-refractivity contribution in [3.05, 3.63) is 37.5 Å². The van der Waals surface area contributed by atoms with Crippen LogP contribution in [0.5, 0.6) is 0 Å². The minimum Gasteiger partial charge on any atom is -0.465 e. The van der Waals surface area contributed by atoms with Crippen molar-refractivity contribution in [1.82, 2.24) is 9.78 Å². The van der Waals surface area contributed by atoms with Gasteiger partial charge in [-0.25, -0.2) is 9.59 Å². The van der Waals surface area contributed by atoms with E-state index in [2.05, 4.69) is 15.2 Å². The lowest BCUT2D eigenvalue weighted by atomic mass is 10.1. The average Bonchev–Trinajstić information content (AvgIpc) is 3.09. The molecule has 0 aromatic carbocycles. The summed E-state index contributed by atoms with van der Waals surface area (Å²) in [7, 11) is 2.38. The van der Waals surface area contributed by atoms with Crippen LogP contribution in [0.2, 0.25) is 0 Å². The summed E-state index contributed by atoms with van der Waals surface area (Å²) in [5.74, 6) is -1.95. The van der Waals surface area contributed by atoms with Crippen molar-refractivity contribution in [3.63, 3.8) is 0 Å². The van der Waals surface area contributed by atoms with Crippen LogP contribution >= 0.6 is 11.3 Å². The summed E-state index contributed by atoms with van der Waals surface area (Å²) in [4.78, 5) is 47.1. The van der Waals surface area contributed by atoms with Crippen LogP contribution in [-0.4, -0.2) is 46.8 Å². The van der Waals surface area contributed by atoms with E-state index >= 15 is 0 Å². The molecule has 28 heavy (non-hydrogen) atoms. The third-order valence-corrected chi connectivity index (χ3v) is 5.17. The highest BCUT2D eigenvalue weighted by molar-refractivity contribution is 7.18. The van der Waals surface area contributed by atoms with Crippen molar-refractivity contribution >= 4 is 39.9 Å². The lowest BCUT2D eigenvalue weighted by Gasteiger charge is -2.07. The van der Waals surface area contributed by atoms with Crippen LogP contribution < -0.4 is 5.32 Å². The van der Waals surface area contributed by atoms with Gasteiger partial charge in [0.05, 0.1) is 24.7 Å². The summed E-state index contributed by atoms with van der Waals surface area (Å²) in [6.45, 7) is 4.18. The van der Waals surface area contributed by atoms with Gasteiger partial charge < -0.3 is 14.8 Å². The van der Waals surface area contributed by atoms with Gasteiger partial charge in [-0.2, -0.15) is 5.10 Å². The smallest absolute Gasteiger partial charge is 0.348 e. The molecule has 12 heteroatoms. The highest BCUT2D eigenvalue weighted by Crippen LogP contribution is 2.34. The van der Waals surface area contributed by atoms with Crippen molar-refractivity contribution < 1.29 is 28.8 Å². The molecule has 1 amide bonds. The fraction of sp³-hybridized carbons (Fsp3) is 0.375. The summed E-state index contributed by atoms with van der Waals surface area (Å²) in [6, 6.07) is 0. The van der Waals surface area contributed by atoms with Gasteiger partial charge in [-0.05, 0) is 26.3 Å². The number of aromatic nitrogens is 2. The summed E-state index contributed by atoms with van der Waals surface area (Å²) >= 11 is 0.874. The van der Waals surface area contributed by atoms with Crippen molar-refractivity contribution in [2.75, 3.05) is 19.5 Å². The summed E-state index contributed by atoms with van der Waals surface area (Å²) in [6.07, 6.45) is 0. The number of rotatable bonds is 6. The first-order valence-corrected chi connectivity index (χ1v) is 8.72. The Hall–Kier alpha value is -3.28. The fourth-order valence-electron chi connectivity index (χ4n) is 2.64. The standard InChI is InChI=1S/C16H18N4O7S/c1-7-11(15(22)26-4)14(28-13(7)16(23)27-5)17-10(21)6-19-9(3)12(20(24)25)8(2)18-19/h6H2,1-5H3,(H,17,21). The van der Waals surface area contributed by atoms with E-state index in [4.69, 9.17) is 4.74 Å². The van der Waals surface area contributed by atoms with E-state index in [0.717, 1.165) is 11.3 Å². The van der Waals surface area contributed by atoms with Crippen LogP contribution in [0, 0.1) is 30.9 Å². The van der Waals surface area contributed by atoms with Crippen LogP contribution in [0.25, 0.3) is 0 Å². The molecule has 150 valence electrons. The van der Waals surface area contributed by atoms with Gasteiger partial charge in [0.1, 0.15) is 27.8 Å². The van der Waals surface area contributed by atoms with Crippen molar-refractivity contribution in [3.8, 4) is 0 Å². The lowest BCUT2D eigenvalue weighted by Crippen LogP contribution is -2.21. The highest BCUT2D eigenvalue weighted by Gasteiger charge is 2.28. The number of thiophene rings is 1. The number of anilines is 1. The van der Waals surface area contributed by atoms with Crippen LogP contribution in [0.3, 0.4) is 0 Å². The number of carbonyl (C=O) groups excluding carboxylic acids is 3. The summed E-state index contributed by atoms with van der Waals surface area (Å²) in [5, 5.41) is 17.7. The number of ether oxygens (including phenoxy) is 2. The fourth-order valence-corrected chi connectivity index (χ4v) is 3.77.